The van der Waals surface area contributed by atoms with Gasteiger partial charge in [-0.25, -0.2) is 0 Å². The second kappa shape index (κ2) is 8.73. The number of anilines is 1. The number of Topliss-reactive ketones (excluding diaryl/α,β-unsaturated/α-hetero) is 1. The molecular weight excluding hydrogens is 290 g/mol. The highest BCUT2D eigenvalue weighted by Crippen LogP contribution is 2.10. The van der Waals surface area contributed by atoms with Crippen LogP contribution < -0.4 is 4.90 Å². The number of carbonyl (C=O) groups is 2. The van der Waals surface area contributed by atoms with Crippen molar-refractivity contribution in [1.29, 1.82) is 0 Å². The first-order valence-corrected chi connectivity index (χ1v) is 7.67. The van der Waals surface area contributed by atoms with Crippen LogP contribution in [0.2, 0.25) is 0 Å². The molecule has 0 N–H and O–H groups in total. The van der Waals surface area contributed by atoms with E-state index in [1.165, 1.54) is 0 Å². The second-order valence-corrected chi connectivity index (χ2v) is 5.27. The molecule has 0 saturated heterocycles. The van der Waals surface area contributed by atoms with E-state index in [-0.39, 0.29) is 24.6 Å². The van der Waals surface area contributed by atoms with E-state index in [9.17, 15) is 9.59 Å². The van der Waals surface area contributed by atoms with E-state index in [4.69, 9.17) is 4.74 Å². The summed E-state index contributed by atoms with van der Waals surface area (Å²) in [6.45, 7) is 0.923. The molecule has 23 heavy (non-hydrogen) atoms. The third-order valence-electron chi connectivity index (χ3n) is 3.54. The number of nitrogens with zero attached hydrogens (tertiary/aromatic N) is 1. The lowest BCUT2D eigenvalue weighted by molar-refractivity contribution is -0.143. The van der Waals surface area contributed by atoms with Gasteiger partial charge in [0, 0.05) is 24.7 Å². The largest absolute Gasteiger partial charge is 0.464 e. The summed E-state index contributed by atoms with van der Waals surface area (Å²) in [5.74, 6) is -0.375. The topological polar surface area (TPSA) is 46.6 Å². The number of ether oxygens (including phenoxy) is 1. The Morgan fingerprint density at radius 3 is 2.17 bits per heavy atom. The Morgan fingerprint density at radius 1 is 0.913 bits per heavy atom. The molecule has 0 amide bonds. The summed E-state index contributed by atoms with van der Waals surface area (Å²) in [6.07, 6.45) is 0.292. The van der Waals surface area contributed by atoms with Gasteiger partial charge in [-0.15, -0.1) is 0 Å². The molecule has 0 saturated carbocycles. The van der Waals surface area contributed by atoms with Crippen LogP contribution in [0.25, 0.3) is 0 Å². The minimum atomic E-state index is -0.337. The Hall–Kier alpha value is -2.62. The van der Waals surface area contributed by atoms with Gasteiger partial charge in [0.05, 0.1) is 13.0 Å². The molecule has 0 unspecified atom stereocenters. The van der Waals surface area contributed by atoms with E-state index in [0.717, 1.165) is 5.69 Å². The molecule has 0 spiro atoms. The summed E-state index contributed by atoms with van der Waals surface area (Å²) >= 11 is 0. The third-order valence-corrected chi connectivity index (χ3v) is 3.54. The van der Waals surface area contributed by atoms with E-state index >= 15 is 0 Å². The number of esters is 1. The van der Waals surface area contributed by atoms with E-state index in [0.29, 0.717) is 18.7 Å². The van der Waals surface area contributed by atoms with Crippen LogP contribution >= 0.6 is 0 Å². The van der Waals surface area contributed by atoms with Crippen molar-refractivity contribution in [3.8, 4) is 0 Å². The molecule has 0 atom stereocenters. The quantitative estimate of drug-likeness (QED) is 0.554. The Bertz CT molecular complexity index is 626. The van der Waals surface area contributed by atoms with Crippen molar-refractivity contribution in [2.75, 3.05) is 25.1 Å². The number of carbonyl (C=O) groups excluding carboxylic acids is 2. The molecule has 2 aromatic rings. The summed E-state index contributed by atoms with van der Waals surface area (Å²) in [4.78, 5) is 25.6. The lowest BCUT2D eigenvalue weighted by atomic mass is 10.1. The van der Waals surface area contributed by atoms with Crippen LogP contribution in [0.1, 0.15) is 23.2 Å². The molecule has 4 heteroatoms. The zero-order chi connectivity index (χ0) is 16.5. The van der Waals surface area contributed by atoms with Gasteiger partial charge in [0.1, 0.15) is 6.61 Å². The lowest BCUT2D eigenvalue weighted by Crippen LogP contribution is -2.24. The first-order valence-electron chi connectivity index (χ1n) is 7.67. The summed E-state index contributed by atoms with van der Waals surface area (Å²) in [5, 5.41) is 0. The molecule has 0 fully saturated rings. The molecular formula is C19H21NO3. The van der Waals surface area contributed by atoms with Gasteiger partial charge in [-0.3, -0.25) is 9.59 Å². The Kier molecular flexibility index (Phi) is 6.36. The molecule has 0 radical (unpaired) electrons. The zero-order valence-corrected chi connectivity index (χ0v) is 13.3. The third kappa shape index (κ3) is 5.58. The van der Waals surface area contributed by atoms with Gasteiger partial charge < -0.3 is 9.64 Å². The molecule has 2 aromatic carbocycles. The van der Waals surface area contributed by atoms with Crippen LogP contribution in [0.15, 0.2) is 60.7 Å². The molecule has 0 heterocycles. The van der Waals surface area contributed by atoms with Gasteiger partial charge in [-0.2, -0.15) is 0 Å². The van der Waals surface area contributed by atoms with Gasteiger partial charge >= 0.3 is 5.97 Å². The number of likely N-dealkylation sites (N-methyl/N-ethyl adjacent to an activating group) is 1. The monoisotopic (exact) mass is 311 g/mol. The minimum Gasteiger partial charge on any atom is -0.464 e. The van der Waals surface area contributed by atoms with E-state index in [2.05, 4.69) is 0 Å². The van der Waals surface area contributed by atoms with Gasteiger partial charge in [-0.05, 0) is 12.1 Å². The highest BCUT2D eigenvalue weighted by Gasteiger charge is 2.10. The molecule has 120 valence electrons. The fraction of sp³-hybridized carbons (Fsp3) is 0.263. The van der Waals surface area contributed by atoms with Crippen molar-refractivity contribution < 1.29 is 14.3 Å². The van der Waals surface area contributed by atoms with Crippen molar-refractivity contribution >= 4 is 17.4 Å². The molecule has 0 bridgehead atoms. The highest BCUT2D eigenvalue weighted by atomic mass is 16.5. The van der Waals surface area contributed by atoms with Crippen molar-refractivity contribution in [3.05, 3.63) is 66.2 Å². The van der Waals surface area contributed by atoms with Gasteiger partial charge in [0.25, 0.3) is 0 Å². The Labute approximate surface area is 136 Å². The highest BCUT2D eigenvalue weighted by molar-refractivity contribution is 5.97. The number of ketones is 1. The summed E-state index contributed by atoms with van der Waals surface area (Å²) in [6, 6.07) is 18.9. The minimum absolute atomic E-state index is 0.0380. The van der Waals surface area contributed by atoms with Crippen molar-refractivity contribution in [2.24, 2.45) is 0 Å². The van der Waals surface area contributed by atoms with Crippen molar-refractivity contribution in [1.82, 2.24) is 0 Å². The maximum Gasteiger partial charge on any atom is 0.306 e. The number of para-hydroxylation sites is 1. The average Bonchev–Trinajstić information content (AvgIpc) is 2.61. The molecule has 0 aliphatic rings. The maximum absolute atomic E-state index is 11.9. The fourth-order valence-corrected chi connectivity index (χ4v) is 2.16. The summed E-state index contributed by atoms with van der Waals surface area (Å²) in [7, 11) is 1.95. The van der Waals surface area contributed by atoms with Crippen LogP contribution in [0.4, 0.5) is 5.69 Å². The van der Waals surface area contributed by atoms with Crippen LogP contribution in [-0.2, 0) is 9.53 Å². The molecule has 0 aromatic heterocycles. The van der Waals surface area contributed by atoms with Crippen molar-refractivity contribution in [3.63, 3.8) is 0 Å². The predicted octanol–water partition coefficient (Wildman–Crippen LogP) is 3.33. The maximum atomic E-state index is 11.9. The summed E-state index contributed by atoms with van der Waals surface area (Å²) < 4.78 is 5.19. The van der Waals surface area contributed by atoms with Crippen LogP contribution in [0.3, 0.4) is 0 Å². The lowest BCUT2D eigenvalue weighted by Gasteiger charge is -2.18. The zero-order valence-electron chi connectivity index (χ0n) is 13.3. The molecule has 4 nitrogen and oxygen atoms in total. The number of benzene rings is 2. The van der Waals surface area contributed by atoms with Crippen LogP contribution in [0, 0.1) is 0 Å². The van der Waals surface area contributed by atoms with Crippen molar-refractivity contribution in [2.45, 2.75) is 12.8 Å². The normalized spacial score (nSPS) is 10.1. The number of hydrogen-bond acceptors (Lipinski definition) is 4. The van der Waals surface area contributed by atoms with E-state index in [1.54, 1.807) is 12.1 Å². The number of rotatable bonds is 8. The Morgan fingerprint density at radius 2 is 1.52 bits per heavy atom. The van der Waals surface area contributed by atoms with Gasteiger partial charge in [-0.1, -0.05) is 48.5 Å². The van der Waals surface area contributed by atoms with Crippen LogP contribution in [-0.4, -0.2) is 32.0 Å². The smallest absolute Gasteiger partial charge is 0.306 e. The first-order chi connectivity index (χ1) is 11.2. The summed E-state index contributed by atoms with van der Waals surface area (Å²) in [5.41, 5.74) is 1.70. The SMILES string of the molecule is CN(CCOC(=O)CCC(=O)c1ccccc1)c1ccccc1. The van der Waals surface area contributed by atoms with E-state index in [1.807, 2.05) is 60.5 Å². The Balaban J connectivity index is 1.66. The van der Waals surface area contributed by atoms with Crippen LogP contribution in [0.5, 0.6) is 0 Å². The predicted molar refractivity (Wildman–Crippen MR) is 90.7 cm³/mol. The molecule has 0 aliphatic carbocycles. The average molecular weight is 311 g/mol. The number of hydrogen-bond donors (Lipinski definition) is 0. The second-order valence-electron chi connectivity index (χ2n) is 5.27. The first kappa shape index (κ1) is 16.7. The van der Waals surface area contributed by atoms with Gasteiger partial charge in [0.15, 0.2) is 5.78 Å². The fourth-order valence-electron chi connectivity index (χ4n) is 2.16. The molecule has 0 aliphatic heterocycles. The van der Waals surface area contributed by atoms with E-state index < -0.39 is 0 Å². The standard InChI is InChI=1S/C19H21NO3/c1-20(17-10-6-3-7-11-17)14-15-23-19(22)13-12-18(21)16-8-4-2-5-9-16/h2-11H,12-15H2,1H3. The van der Waals surface area contributed by atoms with Gasteiger partial charge in [0.2, 0.25) is 0 Å². The molecule has 2 rings (SSSR count).